The SMILES string of the molecule is CN=C(NCc1cccc(NC(=O)c2ccco2)c1)NCC(c1ccccc1)N1CCCC1.I. The van der Waals surface area contributed by atoms with E-state index in [0.29, 0.717) is 12.6 Å². The van der Waals surface area contributed by atoms with Crippen LogP contribution in [0.25, 0.3) is 0 Å². The molecule has 7 nitrogen and oxygen atoms in total. The number of carbonyl (C=O) groups excluding carboxylic acids is 1. The van der Waals surface area contributed by atoms with Crippen molar-refractivity contribution in [3.8, 4) is 0 Å². The Morgan fingerprint density at radius 2 is 1.82 bits per heavy atom. The normalized spacial score (nSPS) is 14.8. The topological polar surface area (TPSA) is 81.9 Å². The lowest BCUT2D eigenvalue weighted by molar-refractivity contribution is 0.0996. The summed E-state index contributed by atoms with van der Waals surface area (Å²) in [6.07, 6.45) is 3.99. The smallest absolute Gasteiger partial charge is 0.291 e. The van der Waals surface area contributed by atoms with Crippen molar-refractivity contribution in [3.05, 3.63) is 89.9 Å². The largest absolute Gasteiger partial charge is 0.459 e. The van der Waals surface area contributed by atoms with E-state index in [1.807, 2.05) is 24.3 Å². The van der Waals surface area contributed by atoms with Gasteiger partial charge in [-0.3, -0.25) is 14.7 Å². The predicted octanol–water partition coefficient (Wildman–Crippen LogP) is 4.65. The zero-order chi connectivity index (χ0) is 22.9. The first-order valence-corrected chi connectivity index (χ1v) is 11.4. The monoisotopic (exact) mass is 573 g/mol. The lowest BCUT2D eigenvalue weighted by Gasteiger charge is -2.29. The highest BCUT2D eigenvalue weighted by atomic mass is 127. The minimum Gasteiger partial charge on any atom is -0.459 e. The average molecular weight is 573 g/mol. The Bertz CT molecular complexity index is 1050. The number of rotatable bonds is 8. The Kier molecular flexibility index (Phi) is 9.96. The number of furan rings is 1. The molecule has 2 heterocycles. The van der Waals surface area contributed by atoms with Crippen molar-refractivity contribution in [2.45, 2.75) is 25.4 Å². The predicted molar refractivity (Wildman–Crippen MR) is 147 cm³/mol. The number of nitrogens with one attached hydrogen (secondary N) is 3. The number of amides is 1. The highest BCUT2D eigenvalue weighted by Gasteiger charge is 2.23. The van der Waals surface area contributed by atoms with Gasteiger partial charge >= 0.3 is 0 Å². The molecule has 34 heavy (non-hydrogen) atoms. The van der Waals surface area contributed by atoms with Gasteiger partial charge in [-0.15, -0.1) is 24.0 Å². The Morgan fingerprint density at radius 3 is 2.53 bits per heavy atom. The van der Waals surface area contributed by atoms with Crippen LogP contribution < -0.4 is 16.0 Å². The molecule has 1 aromatic heterocycles. The molecule has 1 atom stereocenters. The summed E-state index contributed by atoms with van der Waals surface area (Å²) in [5.41, 5.74) is 3.08. The summed E-state index contributed by atoms with van der Waals surface area (Å²) in [6.45, 7) is 3.63. The molecular formula is C26H32IN5O2. The first-order chi connectivity index (χ1) is 16.2. The molecule has 0 aliphatic carbocycles. The molecule has 0 bridgehead atoms. The van der Waals surface area contributed by atoms with Crippen molar-refractivity contribution >= 4 is 41.5 Å². The lowest BCUT2D eigenvalue weighted by Crippen LogP contribution is -2.42. The van der Waals surface area contributed by atoms with Crippen LogP contribution in [-0.4, -0.2) is 43.4 Å². The first kappa shape index (κ1) is 25.8. The molecule has 1 fully saturated rings. The van der Waals surface area contributed by atoms with Crippen LogP contribution in [0.15, 0.2) is 82.4 Å². The van der Waals surface area contributed by atoms with Crippen LogP contribution in [0.4, 0.5) is 5.69 Å². The van der Waals surface area contributed by atoms with Crippen molar-refractivity contribution in [2.75, 3.05) is 32.0 Å². The number of hydrogen-bond donors (Lipinski definition) is 3. The van der Waals surface area contributed by atoms with Gasteiger partial charge in [-0.05, 0) is 61.3 Å². The van der Waals surface area contributed by atoms with E-state index in [4.69, 9.17) is 4.42 Å². The molecule has 1 amide bonds. The number of guanidine groups is 1. The molecule has 1 aliphatic rings. The van der Waals surface area contributed by atoms with E-state index < -0.39 is 0 Å². The summed E-state index contributed by atoms with van der Waals surface area (Å²) in [5.74, 6) is 0.769. The highest BCUT2D eigenvalue weighted by molar-refractivity contribution is 14.0. The summed E-state index contributed by atoms with van der Waals surface area (Å²) in [6, 6.07) is 22.0. The van der Waals surface area contributed by atoms with Crippen molar-refractivity contribution in [3.63, 3.8) is 0 Å². The van der Waals surface area contributed by atoms with Crippen molar-refractivity contribution < 1.29 is 9.21 Å². The maximum atomic E-state index is 12.2. The van der Waals surface area contributed by atoms with Gasteiger partial charge in [0.05, 0.1) is 12.3 Å². The van der Waals surface area contributed by atoms with Gasteiger partial charge in [-0.1, -0.05) is 42.5 Å². The van der Waals surface area contributed by atoms with Gasteiger partial charge in [-0.25, -0.2) is 0 Å². The third-order valence-electron chi connectivity index (χ3n) is 5.84. The van der Waals surface area contributed by atoms with Gasteiger partial charge < -0.3 is 20.4 Å². The van der Waals surface area contributed by atoms with Gasteiger partial charge in [0.15, 0.2) is 11.7 Å². The van der Waals surface area contributed by atoms with Crippen LogP contribution in [0.1, 0.15) is 40.6 Å². The maximum Gasteiger partial charge on any atom is 0.291 e. The number of halogens is 1. The molecule has 3 N–H and O–H groups in total. The van der Waals surface area contributed by atoms with Crippen LogP contribution in [0.3, 0.4) is 0 Å². The molecule has 0 radical (unpaired) electrons. The van der Waals surface area contributed by atoms with Crippen LogP contribution in [0.2, 0.25) is 0 Å². The van der Waals surface area contributed by atoms with E-state index in [-0.39, 0.29) is 35.6 Å². The second-order valence-electron chi connectivity index (χ2n) is 8.11. The van der Waals surface area contributed by atoms with Crippen molar-refractivity contribution in [2.24, 2.45) is 4.99 Å². The Labute approximate surface area is 218 Å². The molecule has 3 aromatic rings. The first-order valence-electron chi connectivity index (χ1n) is 11.4. The molecule has 180 valence electrons. The minimum atomic E-state index is -0.267. The van der Waals surface area contributed by atoms with Crippen LogP contribution in [0, 0.1) is 0 Å². The number of benzene rings is 2. The van der Waals surface area contributed by atoms with E-state index in [0.717, 1.165) is 36.8 Å². The van der Waals surface area contributed by atoms with E-state index in [1.165, 1.54) is 24.7 Å². The van der Waals surface area contributed by atoms with Crippen LogP contribution >= 0.6 is 24.0 Å². The van der Waals surface area contributed by atoms with Gasteiger partial charge in [0.1, 0.15) is 0 Å². The number of nitrogens with zero attached hydrogens (tertiary/aromatic N) is 2. The van der Waals surface area contributed by atoms with E-state index in [2.05, 4.69) is 56.2 Å². The summed E-state index contributed by atoms with van der Waals surface area (Å²) >= 11 is 0. The zero-order valence-electron chi connectivity index (χ0n) is 19.4. The molecule has 1 aliphatic heterocycles. The Hall–Kier alpha value is -2.85. The lowest BCUT2D eigenvalue weighted by atomic mass is 10.1. The zero-order valence-corrected chi connectivity index (χ0v) is 21.7. The molecule has 0 saturated carbocycles. The number of anilines is 1. The van der Waals surface area contributed by atoms with Gasteiger partial charge in [0.25, 0.3) is 5.91 Å². The Balaban J connectivity index is 0.00000324. The molecular weight excluding hydrogens is 541 g/mol. The number of carbonyl (C=O) groups is 1. The standard InChI is InChI=1S/C26H31N5O2.HI/c1-27-26(29-19-23(31-14-5-6-15-31)21-10-3-2-4-11-21)28-18-20-9-7-12-22(17-20)30-25(32)24-13-8-16-33-24;/h2-4,7-13,16-17,23H,5-6,14-15,18-19H2,1H3,(H,30,32)(H2,27,28,29);1H. The maximum absolute atomic E-state index is 12.2. The van der Waals surface area contributed by atoms with Crippen LogP contribution in [0.5, 0.6) is 0 Å². The van der Waals surface area contributed by atoms with Crippen molar-refractivity contribution in [1.82, 2.24) is 15.5 Å². The molecule has 2 aromatic carbocycles. The van der Waals surface area contributed by atoms with E-state index in [1.54, 1.807) is 19.2 Å². The third-order valence-corrected chi connectivity index (χ3v) is 5.84. The minimum absolute atomic E-state index is 0. The highest BCUT2D eigenvalue weighted by Crippen LogP contribution is 2.24. The summed E-state index contributed by atoms with van der Waals surface area (Å²) in [5, 5.41) is 9.74. The van der Waals surface area contributed by atoms with Crippen molar-refractivity contribution in [1.29, 1.82) is 0 Å². The average Bonchev–Trinajstić information content (AvgIpc) is 3.57. The fourth-order valence-electron chi connectivity index (χ4n) is 4.15. The second kappa shape index (κ2) is 13.1. The third kappa shape index (κ3) is 7.07. The molecule has 8 heteroatoms. The summed E-state index contributed by atoms with van der Waals surface area (Å²) < 4.78 is 5.15. The fourth-order valence-corrected chi connectivity index (χ4v) is 4.15. The molecule has 0 spiro atoms. The summed E-state index contributed by atoms with van der Waals surface area (Å²) in [7, 11) is 1.78. The van der Waals surface area contributed by atoms with E-state index >= 15 is 0 Å². The van der Waals surface area contributed by atoms with E-state index in [9.17, 15) is 4.79 Å². The van der Waals surface area contributed by atoms with Gasteiger partial charge in [0.2, 0.25) is 0 Å². The Morgan fingerprint density at radius 1 is 1.03 bits per heavy atom. The fraction of sp³-hybridized carbons (Fsp3) is 0.308. The second-order valence-corrected chi connectivity index (χ2v) is 8.11. The van der Waals surface area contributed by atoms with Gasteiger partial charge in [0, 0.05) is 25.8 Å². The quantitative estimate of drug-likeness (QED) is 0.208. The van der Waals surface area contributed by atoms with Crippen LogP contribution in [-0.2, 0) is 6.54 Å². The van der Waals surface area contributed by atoms with Gasteiger partial charge in [-0.2, -0.15) is 0 Å². The number of likely N-dealkylation sites (tertiary alicyclic amines) is 1. The number of hydrogen-bond acceptors (Lipinski definition) is 4. The molecule has 1 unspecified atom stereocenters. The number of aliphatic imine (C=N–C) groups is 1. The summed E-state index contributed by atoms with van der Waals surface area (Å²) in [4.78, 5) is 19.2. The molecule has 1 saturated heterocycles. The molecule has 4 rings (SSSR count).